The molecule has 0 aliphatic rings. The lowest BCUT2D eigenvalue weighted by molar-refractivity contribution is -0.116. The lowest BCUT2D eigenvalue weighted by atomic mass is 10.3. The van der Waals surface area contributed by atoms with E-state index in [9.17, 15) is 9.59 Å². The van der Waals surface area contributed by atoms with E-state index in [1.165, 1.54) is 6.07 Å². The number of carbonyl (C=O) groups excluding carboxylic acids is 1. The third-order valence-corrected chi connectivity index (χ3v) is 2.22. The molecule has 1 amide bonds. The first-order valence-electron chi connectivity index (χ1n) is 5.37. The van der Waals surface area contributed by atoms with E-state index in [0.29, 0.717) is 31.6 Å². The molecular formula is C11H17N3O2. The van der Waals surface area contributed by atoms with Crippen molar-refractivity contribution in [1.82, 2.24) is 4.57 Å². The average molecular weight is 223 g/mol. The van der Waals surface area contributed by atoms with E-state index in [4.69, 9.17) is 5.73 Å². The molecule has 0 saturated carbocycles. The minimum absolute atomic E-state index is 0.0672. The van der Waals surface area contributed by atoms with Crippen LogP contribution in [0.3, 0.4) is 0 Å². The van der Waals surface area contributed by atoms with Crippen molar-refractivity contribution in [2.75, 3.05) is 11.9 Å². The summed E-state index contributed by atoms with van der Waals surface area (Å²) in [6.45, 7) is 2.97. The summed E-state index contributed by atoms with van der Waals surface area (Å²) in [6, 6.07) is 3.05. The minimum Gasteiger partial charge on any atom is -0.330 e. The van der Waals surface area contributed by atoms with Crippen LogP contribution < -0.4 is 16.6 Å². The molecule has 0 atom stereocenters. The van der Waals surface area contributed by atoms with Gasteiger partial charge in [-0.3, -0.25) is 9.59 Å². The van der Waals surface area contributed by atoms with Crippen molar-refractivity contribution in [3.63, 3.8) is 0 Å². The van der Waals surface area contributed by atoms with E-state index in [2.05, 4.69) is 5.32 Å². The number of carbonyl (C=O) groups is 1. The molecular weight excluding hydrogens is 206 g/mol. The fraction of sp³-hybridized carbons (Fsp3) is 0.455. The number of hydrogen-bond donors (Lipinski definition) is 2. The summed E-state index contributed by atoms with van der Waals surface area (Å²) in [7, 11) is 0. The summed E-state index contributed by atoms with van der Waals surface area (Å²) in [5, 5.41) is 2.72. The van der Waals surface area contributed by atoms with Gasteiger partial charge in [0.25, 0.3) is 5.56 Å². The van der Waals surface area contributed by atoms with Crippen LogP contribution in [0, 0.1) is 0 Å². The van der Waals surface area contributed by atoms with Crippen LogP contribution in [0.5, 0.6) is 0 Å². The quantitative estimate of drug-likeness (QED) is 0.765. The molecule has 3 N–H and O–H groups in total. The zero-order valence-corrected chi connectivity index (χ0v) is 9.40. The third kappa shape index (κ3) is 3.51. The SMILES string of the molecule is CCn1cc(NC(=O)CCCN)ccc1=O. The maximum Gasteiger partial charge on any atom is 0.250 e. The van der Waals surface area contributed by atoms with Crippen LogP contribution in [0.4, 0.5) is 5.69 Å². The number of pyridine rings is 1. The van der Waals surface area contributed by atoms with Crippen molar-refractivity contribution >= 4 is 11.6 Å². The average Bonchev–Trinajstić information content (AvgIpc) is 2.29. The first kappa shape index (κ1) is 12.4. The van der Waals surface area contributed by atoms with Crippen LogP contribution in [-0.4, -0.2) is 17.0 Å². The Morgan fingerprint density at radius 2 is 2.25 bits per heavy atom. The van der Waals surface area contributed by atoms with Gasteiger partial charge in [-0.05, 0) is 26.0 Å². The molecule has 88 valence electrons. The lowest BCUT2D eigenvalue weighted by Crippen LogP contribution is -2.20. The van der Waals surface area contributed by atoms with Gasteiger partial charge in [-0.15, -0.1) is 0 Å². The first-order valence-corrected chi connectivity index (χ1v) is 5.37. The first-order chi connectivity index (χ1) is 7.67. The number of aryl methyl sites for hydroxylation is 1. The standard InChI is InChI=1S/C11H17N3O2/c1-2-14-8-9(5-6-11(14)16)13-10(15)4-3-7-12/h5-6,8H,2-4,7,12H2,1H3,(H,13,15). The molecule has 1 aromatic heterocycles. The molecule has 1 heterocycles. The van der Waals surface area contributed by atoms with Crippen LogP contribution in [0.15, 0.2) is 23.1 Å². The topological polar surface area (TPSA) is 77.1 Å². The monoisotopic (exact) mass is 223 g/mol. The maximum absolute atomic E-state index is 11.4. The molecule has 0 bridgehead atoms. The number of amides is 1. The lowest BCUT2D eigenvalue weighted by Gasteiger charge is -2.07. The number of aromatic nitrogens is 1. The van der Waals surface area contributed by atoms with Crippen LogP contribution in [0.25, 0.3) is 0 Å². The van der Waals surface area contributed by atoms with Crippen molar-refractivity contribution in [2.24, 2.45) is 5.73 Å². The minimum atomic E-state index is -0.0771. The number of nitrogens with two attached hydrogens (primary N) is 1. The highest BCUT2D eigenvalue weighted by Gasteiger charge is 2.02. The van der Waals surface area contributed by atoms with Gasteiger partial charge in [-0.2, -0.15) is 0 Å². The predicted molar refractivity (Wildman–Crippen MR) is 63.3 cm³/mol. The number of anilines is 1. The second-order valence-corrected chi connectivity index (χ2v) is 3.48. The molecule has 0 aliphatic carbocycles. The number of nitrogens with one attached hydrogen (secondary N) is 1. The Kier molecular flexibility index (Phi) is 4.72. The second kappa shape index (κ2) is 6.07. The van der Waals surface area contributed by atoms with E-state index in [0.717, 1.165) is 0 Å². The zero-order valence-electron chi connectivity index (χ0n) is 9.40. The molecule has 16 heavy (non-hydrogen) atoms. The fourth-order valence-electron chi connectivity index (χ4n) is 1.34. The highest BCUT2D eigenvalue weighted by molar-refractivity contribution is 5.90. The van der Waals surface area contributed by atoms with Gasteiger partial charge < -0.3 is 15.6 Å². The Hall–Kier alpha value is -1.62. The van der Waals surface area contributed by atoms with Crippen molar-refractivity contribution in [1.29, 1.82) is 0 Å². The highest BCUT2D eigenvalue weighted by Crippen LogP contribution is 2.04. The van der Waals surface area contributed by atoms with Gasteiger partial charge in [0, 0.05) is 25.2 Å². The molecule has 0 fully saturated rings. The van der Waals surface area contributed by atoms with E-state index in [-0.39, 0.29) is 11.5 Å². The summed E-state index contributed by atoms with van der Waals surface area (Å²) in [5.74, 6) is -0.0771. The Labute approximate surface area is 94.3 Å². The number of hydrogen-bond acceptors (Lipinski definition) is 3. The van der Waals surface area contributed by atoms with Gasteiger partial charge >= 0.3 is 0 Å². The molecule has 1 rings (SSSR count). The summed E-state index contributed by atoms with van der Waals surface area (Å²) < 4.78 is 1.54. The Morgan fingerprint density at radius 3 is 2.88 bits per heavy atom. The molecule has 0 aromatic carbocycles. The Morgan fingerprint density at radius 1 is 1.50 bits per heavy atom. The van der Waals surface area contributed by atoms with Crippen molar-refractivity contribution in [3.05, 3.63) is 28.7 Å². The molecule has 1 aromatic rings. The van der Waals surface area contributed by atoms with E-state index in [1.807, 2.05) is 6.92 Å². The zero-order chi connectivity index (χ0) is 12.0. The molecule has 0 unspecified atom stereocenters. The smallest absolute Gasteiger partial charge is 0.250 e. The molecule has 0 radical (unpaired) electrons. The van der Waals surface area contributed by atoms with Gasteiger partial charge in [0.1, 0.15) is 0 Å². The number of nitrogens with zero attached hydrogens (tertiary/aromatic N) is 1. The van der Waals surface area contributed by atoms with E-state index in [1.54, 1.807) is 16.8 Å². The summed E-state index contributed by atoms with van der Waals surface area (Å²) in [6.07, 6.45) is 2.71. The van der Waals surface area contributed by atoms with Gasteiger partial charge in [-0.25, -0.2) is 0 Å². The van der Waals surface area contributed by atoms with E-state index >= 15 is 0 Å². The van der Waals surface area contributed by atoms with Gasteiger partial charge in [0.2, 0.25) is 5.91 Å². The highest BCUT2D eigenvalue weighted by atomic mass is 16.1. The fourth-order valence-corrected chi connectivity index (χ4v) is 1.34. The van der Waals surface area contributed by atoms with Crippen LogP contribution in [0.2, 0.25) is 0 Å². The van der Waals surface area contributed by atoms with Gasteiger partial charge in [-0.1, -0.05) is 0 Å². The summed E-state index contributed by atoms with van der Waals surface area (Å²) >= 11 is 0. The Bertz CT molecular complexity index is 412. The molecule has 5 nitrogen and oxygen atoms in total. The third-order valence-electron chi connectivity index (χ3n) is 2.22. The molecule has 5 heteroatoms. The molecule has 0 spiro atoms. The largest absolute Gasteiger partial charge is 0.330 e. The normalized spacial score (nSPS) is 10.1. The summed E-state index contributed by atoms with van der Waals surface area (Å²) in [5.41, 5.74) is 5.89. The molecule has 0 saturated heterocycles. The van der Waals surface area contributed by atoms with Crippen molar-refractivity contribution in [2.45, 2.75) is 26.3 Å². The van der Waals surface area contributed by atoms with Gasteiger partial charge in [0.15, 0.2) is 0 Å². The summed E-state index contributed by atoms with van der Waals surface area (Å²) in [4.78, 5) is 22.7. The molecule has 0 aliphatic heterocycles. The van der Waals surface area contributed by atoms with Gasteiger partial charge in [0.05, 0.1) is 5.69 Å². The van der Waals surface area contributed by atoms with Crippen molar-refractivity contribution in [3.8, 4) is 0 Å². The van der Waals surface area contributed by atoms with Crippen LogP contribution in [0.1, 0.15) is 19.8 Å². The van der Waals surface area contributed by atoms with Crippen molar-refractivity contribution < 1.29 is 4.79 Å². The number of rotatable bonds is 5. The van der Waals surface area contributed by atoms with Crippen LogP contribution in [-0.2, 0) is 11.3 Å². The predicted octanol–water partition coefficient (Wildman–Crippen LogP) is 0.546. The second-order valence-electron chi connectivity index (χ2n) is 3.48. The van der Waals surface area contributed by atoms with E-state index < -0.39 is 0 Å². The van der Waals surface area contributed by atoms with Crippen LogP contribution >= 0.6 is 0 Å². The maximum atomic E-state index is 11.4. The Balaban J connectivity index is 2.67.